The summed E-state index contributed by atoms with van der Waals surface area (Å²) in [6.07, 6.45) is 0. The Morgan fingerprint density at radius 2 is 2.00 bits per heavy atom. The molecule has 0 aliphatic carbocycles. The number of phenolic OH excluding ortho intramolecular Hbond substituents is 1. The van der Waals surface area contributed by atoms with Gasteiger partial charge in [-0.05, 0) is 24.1 Å². The molecule has 0 aliphatic heterocycles. The fourth-order valence-corrected chi connectivity index (χ4v) is 1.23. The number of carbonyl (C=O) groups is 2. The summed E-state index contributed by atoms with van der Waals surface area (Å²) >= 11 is 0. The smallest absolute Gasteiger partial charge is 0.335 e. The first-order valence-corrected chi connectivity index (χ1v) is 5.51. The average Bonchev–Trinajstić information content (AvgIpc) is 2.29. The topological polar surface area (TPSA) is 98.7 Å². The molecule has 0 radical (unpaired) electrons. The maximum Gasteiger partial charge on any atom is 0.335 e. The molecule has 0 saturated heterocycles. The Bertz CT molecular complexity index is 457. The van der Waals surface area contributed by atoms with Gasteiger partial charge in [-0.1, -0.05) is 13.8 Å². The molecule has 18 heavy (non-hydrogen) atoms. The number of urea groups is 1. The monoisotopic (exact) mass is 252 g/mol. The van der Waals surface area contributed by atoms with Crippen molar-refractivity contribution in [3.63, 3.8) is 0 Å². The van der Waals surface area contributed by atoms with Gasteiger partial charge in [-0.25, -0.2) is 9.59 Å². The Balaban J connectivity index is 2.68. The van der Waals surface area contributed by atoms with Crippen LogP contribution in [-0.4, -0.2) is 28.8 Å². The van der Waals surface area contributed by atoms with E-state index < -0.39 is 12.0 Å². The lowest BCUT2D eigenvalue weighted by Gasteiger charge is -2.10. The van der Waals surface area contributed by atoms with Crippen molar-refractivity contribution in [2.75, 3.05) is 11.9 Å². The minimum Gasteiger partial charge on any atom is -0.506 e. The minimum absolute atomic E-state index is 0.0411. The van der Waals surface area contributed by atoms with Gasteiger partial charge in [-0.2, -0.15) is 0 Å². The summed E-state index contributed by atoms with van der Waals surface area (Å²) in [5, 5.41) is 23.3. The molecule has 2 amide bonds. The van der Waals surface area contributed by atoms with Crippen molar-refractivity contribution in [1.29, 1.82) is 0 Å². The molecule has 1 aromatic carbocycles. The van der Waals surface area contributed by atoms with Crippen LogP contribution in [0.2, 0.25) is 0 Å². The third kappa shape index (κ3) is 3.97. The van der Waals surface area contributed by atoms with Gasteiger partial charge in [0, 0.05) is 6.54 Å². The lowest BCUT2D eigenvalue weighted by atomic mass is 10.2. The van der Waals surface area contributed by atoms with E-state index in [0.29, 0.717) is 12.5 Å². The number of aromatic carboxylic acids is 1. The quantitative estimate of drug-likeness (QED) is 0.615. The Morgan fingerprint density at radius 3 is 2.50 bits per heavy atom. The van der Waals surface area contributed by atoms with E-state index in [1.165, 1.54) is 12.1 Å². The zero-order valence-electron chi connectivity index (χ0n) is 10.2. The SMILES string of the molecule is CC(C)CNC(=O)Nc1ccc(C(=O)O)cc1O. The van der Waals surface area contributed by atoms with Gasteiger partial charge >= 0.3 is 12.0 Å². The second-order valence-corrected chi connectivity index (χ2v) is 4.27. The Labute approximate surface area is 105 Å². The predicted molar refractivity (Wildman–Crippen MR) is 66.9 cm³/mol. The molecule has 0 unspecified atom stereocenters. The number of hydrogen-bond donors (Lipinski definition) is 4. The molecule has 0 heterocycles. The molecule has 0 saturated carbocycles. The van der Waals surface area contributed by atoms with E-state index >= 15 is 0 Å². The molecule has 6 nitrogen and oxygen atoms in total. The number of hydrogen-bond acceptors (Lipinski definition) is 3. The highest BCUT2D eigenvalue weighted by molar-refractivity contribution is 5.93. The van der Waals surface area contributed by atoms with Crippen molar-refractivity contribution in [1.82, 2.24) is 5.32 Å². The van der Waals surface area contributed by atoms with Crippen LogP contribution in [0.15, 0.2) is 18.2 Å². The van der Waals surface area contributed by atoms with Crippen LogP contribution in [0.3, 0.4) is 0 Å². The largest absolute Gasteiger partial charge is 0.506 e. The van der Waals surface area contributed by atoms with Gasteiger partial charge in [0.25, 0.3) is 0 Å². The number of benzene rings is 1. The molecule has 1 aromatic rings. The second-order valence-electron chi connectivity index (χ2n) is 4.27. The molecule has 6 heteroatoms. The summed E-state index contributed by atoms with van der Waals surface area (Å²) in [5.41, 5.74) is 0.127. The van der Waals surface area contributed by atoms with Crippen molar-refractivity contribution in [2.45, 2.75) is 13.8 Å². The number of aromatic hydroxyl groups is 1. The molecule has 0 aromatic heterocycles. The zero-order valence-corrected chi connectivity index (χ0v) is 10.2. The zero-order chi connectivity index (χ0) is 13.7. The number of carboxylic acids is 1. The Hall–Kier alpha value is -2.24. The summed E-state index contributed by atoms with van der Waals surface area (Å²) < 4.78 is 0. The van der Waals surface area contributed by atoms with Crippen LogP contribution in [0.5, 0.6) is 5.75 Å². The Kier molecular flexibility index (Phi) is 4.53. The first-order valence-electron chi connectivity index (χ1n) is 5.51. The van der Waals surface area contributed by atoms with E-state index in [2.05, 4.69) is 10.6 Å². The molecule has 0 bridgehead atoms. The standard InChI is InChI=1S/C12H16N2O4/c1-7(2)6-13-12(18)14-9-4-3-8(11(16)17)5-10(9)15/h3-5,7,15H,6H2,1-2H3,(H,16,17)(H2,13,14,18). The van der Waals surface area contributed by atoms with E-state index in [0.717, 1.165) is 6.07 Å². The van der Waals surface area contributed by atoms with Crippen molar-refractivity contribution in [2.24, 2.45) is 5.92 Å². The molecule has 0 atom stereocenters. The summed E-state index contributed by atoms with van der Waals surface area (Å²) in [5.74, 6) is -1.10. The van der Waals surface area contributed by atoms with Crippen molar-refractivity contribution in [3.05, 3.63) is 23.8 Å². The van der Waals surface area contributed by atoms with Crippen LogP contribution >= 0.6 is 0 Å². The highest BCUT2D eigenvalue weighted by atomic mass is 16.4. The number of carbonyl (C=O) groups excluding carboxylic acids is 1. The Morgan fingerprint density at radius 1 is 1.33 bits per heavy atom. The molecule has 0 spiro atoms. The van der Waals surface area contributed by atoms with Gasteiger partial charge in [-0.3, -0.25) is 0 Å². The summed E-state index contributed by atoms with van der Waals surface area (Å²) in [6.45, 7) is 4.43. The molecule has 98 valence electrons. The van der Waals surface area contributed by atoms with E-state index in [9.17, 15) is 14.7 Å². The van der Waals surface area contributed by atoms with E-state index in [1.54, 1.807) is 0 Å². The first kappa shape index (κ1) is 13.8. The van der Waals surface area contributed by atoms with Gasteiger partial charge in [0.05, 0.1) is 11.3 Å². The number of amides is 2. The molecular weight excluding hydrogens is 236 g/mol. The van der Waals surface area contributed by atoms with Crippen LogP contribution in [-0.2, 0) is 0 Å². The van der Waals surface area contributed by atoms with Gasteiger partial charge in [0.15, 0.2) is 0 Å². The maximum absolute atomic E-state index is 11.4. The van der Waals surface area contributed by atoms with Crippen molar-refractivity contribution in [3.8, 4) is 5.75 Å². The fourth-order valence-electron chi connectivity index (χ4n) is 1.23. The average molecular weight is 252 g/mol. The normalized spacial score (nSPS) is 10.2. The first-order chi connectivity index (χ1) is 8.40. The highest BCUT2D eigenvalue weighted by Gasteiger charge is 2.10. The number of carboxylic acid groups (broad SMARTS) is 1. The van der Waals surface area contributed by atoms with Gasteiger partial charge in [-0.15, -0.1) is 0 Å². The summed E-state index contributed by atoms with van der Waals surface area (Å²) in [4.78, 5) is 22.1. The fraction of sp³-hybridized carbons (Fsp3) is 0.333. The van der Waals surface area contributed by atoms with Crippen LogP contribution in [0.4, 0.5) is 10.5 Å². The second kappa shape index (κ2) is 5.90. The molecule has 4 N–H and O–H groups in total. The van der Waals surface area contributed by atoms with E-state index in [1.807, 2.05) is 13.8 Å². The summed E-state index contributed by atoms with van der Waals surface area (Å²) in [6, 6.07) is 3.29. The van der Waals surface area contributed by atoms with Crippen molar-refractivity contribution < 1.29 is 19.8 Å². The van der Waals surface area contributed by atoms with Crippen LogP contribution in [0, 0.1) is 5.92 Å². The van der Waals surface area contributed by atoms with Gasteiger partial charge < -0.3 is 20.8 Å². The number of anilines is 1. The predicted octanol–water partition coefficient (Wildman–Crippen LogP) is 1.87. The highest BCUT2D eigenvalue weighted by Crippen LogP contribution is 2.24. The van der Waals surface area contributed by atoms with Crippen LogP contribution in [0.25, 0.3) is 0 Å². The molecule has 0 fully saturated rings. The molecule has 1 rings (SSSR count). The van der Waals surface area contributed by atoms with Crippen molar-refractivity contribution >= 4 is 17.7 Å². The van der Waals surface area contributed by atoms with Crippen LogP contribution in [0.1, 0.15) is 24.2 Å². The summed E-state index contributed by atoms with van der Waals surface area (Å²) in [7, 11) is 0. The van der Waals surface area contributed by atoms with E-state index in [-0.39, 0.29) is 17.0 Å². The molecular formula is C12H16N2O4. The van der Waals surface area contributed by atoms with Gasteiger partial charge in [0.2, 0.25) is 0 Å². The van der Waals surface area contributed by atoms with Crippen LogP contribution < -0.4 is 10.6 Å². The minimum atomic E-state index is -1.14. The van der Waals surface area contributed by atoms with E-state index in [4.69, 9.17) is 5.11 Å². The lowest BCUT2D eigenvalue weighted by molar-refractivity contribution is 0.0696. The number of phenols is 1. The third-order valence-electron chi connectivity index (χ3n) is 2.16. The third-order valence-corrected chi connectivity index (χ3v) is 2.16. The lowest BCUT2D eigenvalue weighted by Crippen LogP contribution is -2.31. The molecule has 0 aliphatic rings. The van der Waals surface area contributed by atoms with Gasteiger partial charge in [0.1, 0.15) is 5.75 Å². The number of rotatable bonds is 4. The number of nitrogens with one attached hydrogen (secondary N) is 2. The maximum atomic E-state index is 11.4.